The minimum Gasteiger partial charge on any atom is -0.379 e. The second kappa shape index (κ2) is 7.39. The maximum Gasteiger partial charge on any atom is 0.0848 e. The van der Waals surface area contributed by atoms with Crippen molar-refractivity contribution >= 4 is 22.5 Å². The van der Waals surface area contributed by atoms with Crippen LogP contribution in [0, 0.1) is 6.92 Å². The zero-order valence-electron chi connectivity index (χ0n) is 14.1. The van der Waals surface area contributed by atoms with Crippen LogP contribution in [0.5, 0.6) is 0 Å². The first-order valence-electron chi connectivity index (χ1n) is 8.20. The summed E-state index contributed by atoms with van der Waals surface area (Å²) in [5, 5.41) is 1.93. The van der Waals surface area contributed by atoms with Crippen molar-refractivity contribution in [2.75, 3.05) is 13.7 Å². The van der Waals surface area contributed by atoms with Gasteiger partial charge in [0, 0.05) is 29.2 Å². The van der Waals surface area contributed by atoms with E-state index in [0.29, 0.717) is 6.54 Å². The summed E-state index contributed by atoms with van der Waals surface area (Å²) in [7, 11) is 1.76. The molecule has 0 aliphatic carbocycles. The van der Waals surface area contributed by atoms with E-state index in [0.717, 1.165) is 17.0 Å². The van der Waals surface area contributed by atoms with Gasteiger partial charge in [0.25, 0.3) is 0 Å². The third-order valence-corrected chi connectivity index (χ3v) is 4.78. The van der Waals surface area contributed by atoms with Crippen LogP contribution in [0.4, 0.5) is 0 Å². The first kappa shape index (κ1) is 17.0. The summed E-state index contributed by atoms with van der Waals surface area (Å²) in [6.07, 6.45) is 2.98. The summed E-state index contributed by atoms with van der Waals surface area (Å²) in [5.41, 5.74) is 9.40. The molecule has 24 heavy (non-hydrogen) atoms. The SMILES string of the molecule is CO[C@H](CCN)[C@H](c1ccccc1)n1cc(C)c2cc(Cl)ccc21. The molecule has 0 aliphatic heterocycles. The molecule has 0 saturated heterocycles. The number of benzene rings is 2. The van der Waals surface area contributed by atoms with Gasteiger partial charge in [-0.1, -0.05) is 41.9 Å². The summed E-state index contributed by atoms with van der Waals surface area (Å²) in [5.74, 6) is 0. The molecule has 0 unspecified atom stereocenters. The van der Waals surface area contributed by atoms with Gasteiger partial charge in [0.15, 0.2) is 0 Å². The molecule has 3 nitrogen and oxygen atoms in total. The van der Waals surface area contributed by atoms with Crippen LogP contribution >= 0.6 is 11.6 Å². The highest BCUT2D eigenvalue weighted by atomic mass is 35.5. The van der Waals surface area contributed by atoms with Crippen LogP contribution in [-0.4, -0.2) is 24.3 Å². The number of methoxy groups -OCH3 is 1. The standard InChI is InChI=1S/C20H23ClN2O/c1-14-13-23(18-9-8-16(21)12-17(14)18)20(19(24-2)10-11-22)15-6-4-3-5-7-15/h3-9,12-13,19-20H,10-11,22H2,1-2H3/t19-,20+/m1/s1. The van der Waals surface area contributed by atoms with Gasteiger partial charge in [0.2, 0.25) is 0 Å². The van der Waals surface area contributed by atoms with Gasteiger partial charge in [0.05, 0.1) is 12.1 Å². The van der Waals surface area contributed by atoms with E-state index < -0.39 is 0 Å². The van der Waals surface area contributed by atoms with E-state index in [1.807, 2.05) is 18.2 Å². The van der Waals surface area contributed by atoms with Gasteiger partial charge in [-0.05, 0) is 49.2 Å². The quantitative estimate of drug-likeness (QED) is 0.713. The molecule has 0 bridgehead atoms. The van der Waals surface area contributed by atoms with E-state index in [2.05, 4.69) is 48.0 Å². The number of ether oxygens (including phenoxy) is 1. The van der Waals surface area contributed by atoms with Gasteiger partial charge >= 0.3 is 0 Å². The lowest BCUT2D eigenvalue weighted by molar-refractivity contribution is 0.0660. The lowest BCUT2D eigenvalue weighted by Crippen LogP contribution is -2.29. The topological polar surface area (TPSA) is 40.2 Å². The Hall–Kier alpha value is -1.81. The van der Waals surface area contributed by atoms with Crippen molar-refractivity contribution in [3.8, 4) is 0 Å². The van der Waals surface area contributed by atoms with E-state index in [4.69, 9.17) is 22.1 Å². The van der Waals surface area contributed by atoms with Gasteiger partial charge in [-0.2, -0.15) is 0 Å². The van der Waals surface area contributed by atoms with Crippen molar-refractivity contribution in [3.05, 3.63) is 70.9 Å². The fraction of sp³-hybridized carbons (Fsp3) is 0.300. The largest absolute Gasteiger partial charge is 0.379 e. The van der Waals surface area contributed by atoms with Crippen LogP contribution in [-0.2, 0) is 4.74 Å². The molecule has 0 radical (unpaired) electrons. The highest BCUT2D eigenvalue weighted by Gasteiger charge is 2.26. The predicted molar refractivity (Wildman–Crippen MR) is 101 cm³/mol. The average molecular weight is 343 g/mol. The van der Waals surface area contributed by atoms with Gasteiger partial charge in [0.1, 0.15) is 0 Å². The molecule has 0 saturated carbocycles. The van der Waals surface area contributed by atoms with Crippen LogP contribution in [0.15, 0.2) is 54.7 Å². The van der Waals surface area contributed by atoms with Crippen LogP contribution in [0.2, 0.25) is 5.02 Å². The zero-order chi connectivity index (χ0) is 17.1. The summed E-state index contributed by atoms with van der Waals surface area (Å²) >= 11 is 6.19. The minimum absolute atomic E-state index is 0.00285. The molecule has 2 aromatic carbocycles. The molecule has 0 amide bonds. The first-order chi connectivity index (χ1) is 11.7. The van der Waals surface area contributed by atoms with Gasteiger partial charge in [-0.25, -0.2) is 0 Å². The summed E-state index contributed by atoms with van der Waals surface area (Å²) in [4.78, 5) is 0. The molecular formula is C20H23ClN2O. The Bertz CT molecular complexity index is 813. The Morgan fingerprint density at radius 1 is 1.17 bits per heavy atom. The number of aryl methyl sites for hydroxylation is 1. The van der Waals surface area contributed by atoms with Gasteiger partial charge in [-0.15, -0.1) is 0 Å². The number of halogens is 1. The monoisotopic (exact) mass is 342 g/mol. The molecule has 0 fully saturated rings. The summed E-state index contributed by atoms with van der Waals surface area (Å²) in [6, 6.07) is 16.5. The Balaban J connectivity index is 2.19. The Morgan fingerprint density at radius 2 is 1.92 bits per heavy atom. The third-order valence-electron chi connectivity index (χ3n) is 4.54. The van der Waals surface area contributed by atoms with Gasteiger partial charge in [-0.3, -0.25) is 0 Å². The Kier molecular flexibility index (Phi) is 5.24. The molecule has 0 spiro atoms. The van der Waals surface area contributed by atoms with E-state index >= 15 is 0 Å². The van der Waals surface area contributed by atoms with Crippen molar-refractivity contribution in [1.82, 2.24) is 4.57 Å². The molecule has 2 atom stereocenters. The molecule has 3 rings (SSSR count). The van der Waals surface area contributed by atoms with Crippen molar-refractivity contribution in [1.29, 1.82) is 0 Å². The maximum absolute atomic E-state index is 6.19. The number of aromatic nitrogens is 1. The Morgan fingerprint density at radius 3 is 2.58 bits per heavy atom. The smallest absolute Gasteiger partial charge is 0.0848 e. The number of hydrogen-bond acceptors (Lipinski definition) is 2. The second-order valence-corrected chi connectivity index (χ2v) is 6.52. The van der Waals surface area contributed by atoms with Crippen molar-refractivity contribution in [2.24, 2.45) is 5.73 Å². The maximum atomic E-state index is 6.19. The number of nitrogens with zero attached hydrogens (tertiary/aromatic N) is 1. The van der Waals surface area contributed by atoms with Gasteiger partial charge < -0.3 is 15.0 Å². The summed E-state index contributed by atoms with van der Waals surface area (Å²) in [6.45, 7) is 2.70. The minimum atomic E-state index is 0.00285. The van der Waals surface area contributed by atoms with Crippen molar-refractivity contribution in [2.45, 2.75) is 25.5 Å². The van der Waals surface area contributed by atoms with E-state index in [9.17, 15) is 0 Å². The second-order valence-electron chi connectivity index (χ2n) is 6.09. The highest BCUT2D eigenvalue weighted by molar-refractivity contribution is 6.31. The highest BCUT2D eigenvalue weighted by Crippen LogP contribution is 2.33. The zero-order valence-corrected chi connectivity index (χ0v) is 14.8. The number of rotatable bonds is 6. The molecule has 1 aromatic heterocycles. The first-order valence-corrected chi connectivity index (χ1v) is 8.58. The van der Waals surface area contributed by atoms with Crippen LogP contribution in [0.1, 0.15) is 23.6 Å². The molecule has 1 heterocycles. The molecular weight excluding hydrogens is 320 g/mol. The Labute approximate surface area is 148 Å². The number of hydrogen-bond donors (Lipinski definition) is 1. The number of fused-ring (bicyclic) bond motifs is 1. The normalized spacial score (nSPS) is 14.0. The lowest BCUT2D eigenvalue weighted by Gasteiger charge is -2.28. The molecule has 4 heteroatoms. The predicted octanol–water partition coefficient (Wildman–Crippen LogP) is 4.56. The van der Waals surface area contributed by atoms with Crippen LogP contribution < -0.4 is 5.73 Å². The average Bonchev–Trinajstić information content (AvgIpc) is 2.91. The van der Waals surface area contributed by atoms with E-state index in [1.165, 1.54) is 16.5 Å². The molecule has 2 N–H and O–H groups in total. The van der Waals surface area contributed by atoms with Crippen LogP contribution in [0.25, 0.3) is 10.9 Å². The van der Waals surface area contributed by atoms with Crippen LogP contribution in [0.3, 0.4) is 0 Å². The van der Waals surface area contributed by atoms with E-state index in [1.54, 1.807) is 7.11 Å². The summed E-state index contributed by atoms with van der Waals surface area (Å²) < 4.78 is 8.11. The lowest BCUT2D eigenvalue weighted by atomic mass is 9.98. The third kappa shape index (κ3) is 3.20. The van der Waals surface area contributed by atoms with E-state index in [-0.39, 0.29) is 12.1 Å². The fourth-order valence-corrected chi connectivity index (χ4v) is 3.57. The molecule has 0 aliphatic rings. The molecule has 3 aromatic rings. The van der Waals surface area contributed by atoms with Crippen molar-refractivity contribution in [3.63, 3.8) is 0 Å². The molecule has 126 valence electrons. The fourth-order valence-electron chi connectivity index (χ4n) is 3.40. The number of nitrogens with two attached hydrogens (primary N) is 1. The van der Waals surface area contributed by atoms with Crippen molar-refractivity contribution < 1.29 is 4.74 Å².